The zero-order valence-electron chi connectivity index (χ0n) is 11.3. The zero-order chi connectivity index (χ0) is 13.5. The van der Waals surface area contributed by atoms with Crippen LogP contribution in [-0.4, -0.2) is 42.0 Å². The summed E-state index contributed by atoms with van der Waals surface area (Å²) in [6, 6.07) is 3.34. The Kier molecular flexibility index (Phi) is 5.15. The summed E-state index contributed by atoms with van der Waals surface area (Å²) in [5.41, 5.74) is 6.53. The van der Waals surface area contributed by atoms with Crippen LogP contribution in [0.3, 0.4) is 0 Å². The lowest BCUT2D eigenvalue weighted by Crippen LogP contribution is -2.35. The van der Waals surface area contributed by atoms with Gasteiger partial charge in [0.25, 0.3) is 5.91 Å². The molecule has 0 aliphatic carbocycles. The molecule has 0 bridgehead atoms. The topological polar surface area (TPSA) is 71.2 Å². The minimum Gasteiger partial charge on any atom is -0.397 e. The van der Waals surface area contributed by atoms with Crippen molar-refractivity contribution >= 4 is 11.6 Å². The highest BCUT2D eigenvalue weighted by Gasteiger charge is 2.10. The van der Waals surface area contributed by atoms with Crippen LogP contribution in [0, 0.1) is 0 Å². The van der Waals surface area contributed by atoms with E-state index in [-0.39, 0.29) is 5.91 Å². The molecule has 0 spiro atoms. The second kappa shape index (κ2) is 7.09. The standard InChI is InChI=1S/C14H22N4O/c15-12-5-6-13(17-11-12)14(19)16-7-10-18-8-3-1-2-4-9-18/h5-6,11H,1-4,7-10,15H2,(H,16,19). The third-order valence-corrected chi connectivity index (χ3v) is 3.43. The van der Waals surface area contributed by atoms with Crippen LogP contribution in [0.2, 0.25) is 0 Å². The number of rotatable bonds is 4. The van der Waals surface area contributed by atoms with Gasteiger partial charge in [-0.1, -0.05) is 12.8 Å². The fraction of sp³-hybridized carbons (Fsp3) is 0.571. The van der Waals surface area contributed by atoms with Crippen molar-refractivity contribution in [1.29, 1.82) is 0 Å². The van der Waals surface area contributed by atoms with Gasteiger partial charge >= 0.3 is 0 Å². The van der Waals surface area contributed by atoms with Crippen molar-refractivity contribution < 1.29 is 4.79 Å². The summed E-state index contributed by atoms with van der Waals surface area (Å²) in [6.45, 7) is 3.89. The molecule has 19 heavy (non-hydrogen) atoms. The van der Waals surface area contributed by atoms with Gasteiger partial charge in [-0.05, 0) is 38.1 Å². The second-order valence-corrected chi connectivity index (χ2v) is 4.99. The van der Waals surface area contributed by atoms with Gasteiger partial charge in [0.2, 0.25) is 0 Å². The quantitative estimate of drug-likeness (QED) is 0.857. The molecule has 104 valence electrons. The number of nitrogens with one attached hydrogen (secondary N) is 1. The number of nitrogens with two attached hydrogens (primary N) is 1. The van der Waals surface area contributed by atoms with Crippen LogP contribution in [0.1, 0.15) is 36.2 Å². The molecule has 0 unspecified atom stereocenters. The first-order valence-electron chi connectivity index (χ1n) is 6.98. The van der Waals surface area contributed by atoms with Gasteiger partial charge in [0, 0.05) is 13.1 Å². The number of hydrogen-bond donors (Lipinski definition) is 2. The molecular formula is C14H22N4O. The van der Waals surface area contributed by atoms with Crippen LogP contribution >= 0.6 is 0 Å². The Labute approximate surface area is 114 Å². The van der Waals surface area contributed by atoms with Crippen molar-refractivity contribution in [3.63, 3.8) is 0 Å². The Morgan fingerprint density at radius 3 is 2.63 bits per heavy atom. The fourth-order valence-electron chi connectivity index (χ4n) is 2.32. The highest BCUT2D eigenvalue weighted by Crippen LogP contribution is 2.08. The number of amides is 1. The van der Waals surface area contributed by atoms with E-state index in [2.05, 4.69) is 15.2 Å². The summed E-state index contributed by atoms with van der Waals surface area (Å²) in [5.74, 6) is -0.130. The minimum absolute atomic E-state index is 0.130. The van der Waals surface area contributed by atoms with Crippen molar-refractivity contribution in [2.24, 2.45) is 0 Å². The SMILES string of the molecule is Nc1ccc(C(=O)NCCN2CCCCCC2)nc1. The molecule has 1 saturated heterocycles. The lowest BCUT2D eigenvalue weighted by atomic mass is 10.2. The molecule has 2 rings (SSSR count). The zero-order valence-corrected chi connectivity index (χ0v) is 11.3. The third-order valence-electron chi connectivity index (χ3n) is 3.43. The first-order valence-corrected chi connectivity index (χ1v) is 6.98. The second-order valence-electron chi connectivity index (χ2n) is 4.99. The average Bonchev–Trinajstić information content (AvgIpc) is 2.68. The summed E-state index contributed by atoms with van der Waals surface area (Å²) in [4.78, 5) is 18.3. The summed E-state index contributed by atoms with van der Waals surface area (Å²) in [6.07, 6.45) is 6.71. The molecule has 0 aromatic carbocycles. The van der Waals surface area contributed by atoms with Crippen molar-refractivity contribution in [1.82, 2.24) is 15.2 Å². The van der Waals surface area contributed by atoms with E-state index in [0.29, 0.717) is 17.9 Å². The Bertz CT molecular complexity index is 396. The monoisotopic (exact) mass is 262 g/mol. The number of nitrogen functional groups attached to an aromatic ring is 1. The van der Waals surface area contributed by atoms with Gasteiger partial charge in [0.1, 0.15) is 5.69 Å². The van der Waals surface area contributed by atoms with Gasteiger partial charge in [0.15, 0.2) is 0 Å². The van der Waals surface area contributed by atoms with Crippen LogP contribution in [0.15, 0.2) is 18.3 Å². The number of nitrogens with zero attached hydrogens (tertiary/aromatic N) is 2. The predicted octanol–water partition coefficient (Wildman–Crippen LogP) is 1.27. The van der Waals surface area contributed by atoms with Crippen LogP contribution in [0.25, 0.3) is 0 Å². The molecule has 0 radical (unpaired) electrons. The van der Waals surface area contributed by atoms with Crippen LogP contribution in [0.5, 0.6) is 0 Å². The van der Waals surface area contributed by atoms with Crippen molar-refractivity contribution in [3.8, 4) is 0 Å². The lowest BCUT2D eigenvalue weighted by Gasteiger charge is -2.19. The number of hydrogen-bond acceptors (Lipinski definition) is 4. The smallest absolute Gasteiger partial charge is 0.269 e. The molecule has 1 aromatic heterocycles. The van der Waals surface area contributed by atoms with Gasteiger partial charge in [0.05, 0.1) is 11.9 Å². The molecule has 0 saturated carbocycles. The number of carbonyl (C=O) groups is 1. The van der Waals surface area contributed by atoms with Crippen molar-refractivity contribution in [2.45, 2.75) is 25.7 Å². The van der Waals surface area contributed by atoms with E-state index in [0.717, 1.165) is 19.6 Å². The molecular weight excluding hydrogens is 240 g/mol. The number of likely N-dealkylation sites (tertiary alicyclic amines) is 1. The first kappa shape index (κ1) is 13.8. The fourth-order valence-corrected chi connectivity index (χ4v) is 2.32. The van der Waals surface area contributed by atoms with E-state index in [1.165, 1.54) is 31.9 Å². The van der Waals surface area contributed by atoms with Gasteiger partial charge in [-0.25, -0.2) is 4.98 Å². The number of pyridine rings is 1. The summed E-state index contributed by atoms with van der Waals surface area (Å²) in [5, 5.41) is 2.90. The predicted molar refractivity (Wildman–Crippen MR) is 75.9 cm³/mol. The largest absolute Gasteiger partial charge is 0.397 e. The highest BCUT2D eigenvalue weighted by atomic mass is 16.1. The Morgan fingerprint density at radius 2 is 2.00 bits per heavy atom. The van der Waals surface area contributed by atoms with E-state index < -0.39 is 0 Å². The Hall–Kier alpha value is -1.62. The van der Waals surface area contributed by atoms with Gasteiger partial charge in [-0.2, -0.15) is 0 Å². The maximum Gasteiger partial charge on any atom is 0.269 e. The Balaban J connectivity index is 1.72. The highest BCUT2D eigenvalue weighted by molar-refractivity contribution is 5.92. The molecule has 1 aliphatic rings. The number of anilines is 1. The normalized spacial score (nSPS) is 16.8. The average molecular weight is 262 g/mol. The van der Waals surface area contributed by atoms with Crippen LogP contribution in [-0.2, 0) is 0 Å². The number of carbonyl (C=O) groups excluding carboxylic acids is 1. The molecule has 1 fully saturated rings. The molecule has 5 heteroatoms. The molecule has 1 amide bonds. The van der Waals surface area contributed by atoms with Crippen molar-refractivity contribution in [3.05, 3.63) is 24.0 Å². The van der Waals surface area contributed by atoms with Crippen molar-refractivity contribution in [2.75, 3.05) is 31.9 Å². The van der Waals surface area contributed by atoms with E-state index in [1.54, 1.807) is 12.1 Å². The maximum absolute atomic E-state index is 11.8. The van der Waals surface area contributed by atoms with E-state index >= 15 is 0 Å². The van der Waals surface area contributed by atoms with Gasteiger partial charge < -0.3 is 16.0 Å². The Morgan fingerprint density at radius 1 is 1.26 bits per heavy atom. The van der Waals surface area contributed by atoms with Gasteiger partial charge in [-0.3, -0.25) is 4.79 Å². The van der Waals surface area contributed by atoms with E-state index in [1.807, 2.05) is 0 Å². The van der Waals surface area contributed by atoms with E-state index in [4.69, 9.17) is 5.73 Å². The van der Waals surface area contributed by atoms with E-state index in [9.17, 15) is 4.79 Å². The maximum atomic E-state index is 11.8. The molecule has 2 heterocycles. The van der Waals surface area contributed by atoms with Crippen LogP contribution < -0.4 is 11.1 Å². The van der Waals surface area contributed by atoms with Crippen LogP contribution in [0.4, 0.5) is 5.69 Å². The summed E-state index contributed by atoms with van der Waals surface area (Å²) >= 11 is 0. The molecule has 1 aliphatic heterocycles. The lowest BCUT2D eigenvalue weighted by molar-refractivity contribution is 0.0943. The third kappa shape index (κ3) is 4.52. The minimum atomic E-state index is -0.130. The first-order chi connectivity index (χ1) is 9.25. The summed E-state index contributed by atoms with van der Waals surface area (Å²) in [7, 11) is 0. The molecule has 3 N–H and O–H groups in total. The summed E-state index contributed by atoms with van der Waals surface area (Å²) < 4.78 is 0. The number of aromatic nitrogens is 1. The van der Waals surface area contributed by atoms with Gasteiger partial charge in [-0.15, -0.1) is 0 Å². The molecule has 0 atom stereocenters. The molecule has 5 nitrogen and oxygen atoms in total. The molecule has 1 aromatic rings.